The standard InChI is InChI=1S/C12H11BrFNO/c13-12-5-11(14)2-1-10(12)7-15-4-3-9(6-15)8-16/h1-6,16H,7-8H2. The molecule has 0 aliphatic carbocycles. The van der Waals surface area contributed by atoms with Crippen LogP contribution in [0.3, 0.4) is 0 Å². The van der Waals surface area contributed by atoms with Gasteiger partial charge in [0.2, 0.25) is 0 Å². The minimum Gasteiger partial charge on any atom is -0.392 e. The lowest BCUT2D eigenvalue weighted by Crippen LogP contribution is -1.97. The van der Waals surface area contributed by atoms with Gasteiger partial charge in [0.05, 0.1) is 6.61 Å². The fourth-order valence-corrected chi connectivity index (χ4v) is 2.01. The van der Waals surface area contributed by atoms with Crippen molar-refractivity contribution in [1.82, 2.24) is 4.57 Å². The van der Waals surface area contributed by atoms with Crippen molar-refractivity contribution >= 4 is 15.9 Å². The number of aliphatic hydroxyl groups is 1. The van der Waals surface area contributed by atoms with E-state index in [1.165, 1.54) is 12.1 Å². The van der Waals surface area contributed by atoms with Gasteiger partial charge in [-0.1, -0.05) is 22.0 Å². The van der Waals surface area contributed by atoms with E-state index < -0.39 is 0 Å². The van der Waals surface area contributed by atoms with E-state index in [4.69, 9.17) is 5.11 Å². The van der Waals surface area contributed by atoms with Crippen molar-refractivity contribution < 1.29 is 9.50 Å². The quantitative estimate of drug-likeness (QED) is 0.921. The highest BCUT2D eigenvalue weighted by Gasteiger charge is 2.03. The smallest absolute Gasteiger partial charge is 0.124 e. The number of hydrogen-bond acceptors (Lipinski definition) is 1. The zero-order chi connectivity index (χ0) is 11.5. The van der Waals surface area contributed by atoms with Gasteiger partial charge in [-0.05, 0) is 29.3 Å². The van der Waals surface area contributed by atoms with Crippen LogP contribution >= 0.6 is 15.9 Å². The van der Waals surface area contributed by atoms with E-state index in [2.05, 4.69) is 15.9 Å². The number of aromatic nitrogens is 1. The lowest BCUT2D eigenvalue weighted by molar-refractivity contribution is 0.282. The Morgan fingerprint density at radius 3 is 2.75 bits per heavy atom. The van der Waals surface area contributed by atoms with E-state index in [9.17, 15) is 4.39 Å². The van der Waals surface area contributed by atoms with E-state index >= 15 is 0 Å². The monoisotopic (exact) mass is 283 g/mol. The van der Waals surface area contributed by atoms with Crippen molar-refractivity contribution in [1.29, 1.82) is 0 Å². The van der Waals surface area contributed by atoms with E-state index in [1.54, 1.807) is 6.07 Å². The molecular formula is C12H11BrFNO. The molecule has 0 saturated carbocycles. The summed E-state index contributed by atoms with van der Waals surface area (Å²) in [5.74, 6) is -0.251. The summed E-state index contributed by atoms with van der Waals surface area (Å²) in [6, 6.07) is 6.50. The molecule has 0 bridgehead atoms. The predicted molar refractivity (Wildman–Crippen MR) is 63.6 cm³/mol. The number of rotatable bonds is 3. The maximum Gasteiger partial charge on any atom is 0.124 e. The molecule has 0 aliphatic heterocycles. The zero-order valence-corrected chi connectivity index (χ0v) is 10.1. The van der Waals surface area contributed by atoms with Gasteiger partial charge in [0.1, 0.15) is 5.82 Å². The highest BCUT2D eigenvalue weighted by atomic mass is 79.9. The summed E-state index contributed by atoms with van der Waals surface area (Å²) in [6.45, 7) is 0.693. The molecule has 2 aromatic rings. The van der Waals surface area contributed by atoms with Crippen molar-refractivity contribution in [3.05, 3.63) is 58.1 Å². The van der Waals surface area contributed by atoms with E-state index in [1.807, 2.05) is 23.0 Å². The molecule has 0 fully saturated rings. The van der Waals surface area contributed by atoms with Crippen LogP contribution in [0.5, 0.6) is 0 Å². The Bertz CT molecular complexity index is 496. The lowest BCUT2D eigenvalue weighted by atomic mass is 10.2. The predicted octanol–water partition coefficient (Wildman–Crippen LogP) is 2.93. The van der Waals surface area contributed by atoms with E-state index in [0.29, 0.717) is 6.54 Å². The first-order valence-corrected chi connectivity index (χ1v) is 5.68. The molecule has 0 spiro atoms. The van der Waals surface area contributed by atoms with Gasteiger partial charge < -0.3 is 9.67 Å². The minimum absolute atomic E-state index is 0.0393. The Kier molecular flexibility index (Phi) is 3.41. The van der Waals surface area contributed by atoms with Crippen molar-refractivity contribution in [2.45, 2.75) is 13.2 Å². The van der Waals surface area contributed by atoms with Crippen molar-refractivity contribution in [2.75, 3.05) is 0 Å². The largest absolute Gasteiger partial charge is 0.392 e. The highest BCUT2D eigenvalue weighted by Crippen LogP contribution is 2.19. The Labute approximate surface area is 101 Å². The van der Waals surface area contributed by atoms with Crippen molar-refractivity contribution in [2.24, 2.45) is 0 Å². The molecule has 1 heterocycles. The van der Waals surface area contributed by atoms with E-state index in [0.717, 1.165) is 15.6 Å². The second-order valence-electron chi connectivity index (χ2n) is 3.59. The fourth-order valence-electron chi connectivity index (χ4n) is 1.53. The molecule has 0 unspecified atom stereocenters. The summed E-state index contributed by atoms with van der Waals surface area (Å²) in [7, 11) is 0. The van der Waals surface area contributed by atoms with Crippen molar-refractivity contribution in [3.8, 4) is 0 Å². The maximum absolute atomic E-state index is 12.9. The summed E-state index contributed by atoms with van der Waals surface area (Å²) in [4.78, 5) is 0. The van der Waals surface area contributed by atoms with Gasteiger partial charge in [0.15, 0.2) is 0 Å². The number of benzene rings is 1. The van der Waals surface area contributed by atoms with Gasteiger partial charge >= 0.3 is 0 Å². The minimum atomic E-state index is -0.251. The molecule has 16 heavy (non-hydrogen) atoms. The summed E-state index contributed by atoms with van der Waals surface area (Å²) in [5, 5.41) is 8.94. The Morgan fingerprint density at radius 2 is 2.12 bits per heavy atom. The van der Waals surface area contributed by atoms with Crippen LogP contribution in [0.1, 0.15) is 11.1 Å². The summed E-state index contributed by atoms with van der Waals surface area (Å²) >= 11 is 3.33. The van der Waals surface area contributed by atoms with Gasteiger partial charge in [-0.2, -0.15) is 0 Å². The molecule has 0 saturated heterocycles. The molecule has 0 radical (unpaired) electrons. The van der Waals surface area contributed by atoms with Gasteiger partial charge in [0, 0.05) is 23.4 Å². The van der Waals surface area contributed by atoms with Crippen LogP contribution < -0.4 is 0 Å². The third kappa shape index (κ3) is 2.51. The molecule has 0 amide bonds. The molecule has 4 heteroatoms. The Hall–Kier alpha value is -1.13. The fraction of sp³-hybridized carbons (Fsp3) is 0.167. The average Bonchev–Trinajstić information content (AvgIpc) is 2.70. The molecule has 0 atom stereocenters. The van der Waals surface area contributed by atoms with E-state index in [-0.39, 0.29) is 12.4 Å². The Morgan fingerprint density at radius 1 is 1.31 bits per heavy atom. The SMILES string of the molecule is OCc1ccn(Cc2ccc(F)cc2Br)c1. The van der Waals surface area contributed by atoms with Crippen LogP contribution in [0.25, 0.3) is 0 Å². The maximum atomic E-state index is 12.9. The van der Waals surface area contributed by atoms with Crippen LogP contribution in [0.2, 0.25) is 0 Å². The average molecular weight is 284 g/mol. The van der Waals surface area contributed by atoms with Crippen LogP contribution in [0, 0.1) is 5.82 Å². The molecule has 2 rings (SSSR count). The first kappa shape index (κ1) is 11.4. The first-order valence-electron chi connectivity index (χ1n) is 4.88. The number of halogens is 2. The summed E-state index contributed by atoms with van der Waals surface area (Å²) in [5.41, 5.74) is 1.87. The van der Waals surface area contributed by atoms with Crippen LogP contribution in [0.15, 0.2) is 41.1 Å². The van der Waals surface area contributed by atoms with Crippen LogP contribution in [0.4, 0.5) is 4.39 Å². The molecule has 1 aromatic heterocycles. The van der Waals surface area contributed by atoms with Crippen molar-refractivity contribution in [3.63, 3.8) is 0 Å². The number of aliphatic hydroxyl groups excluding tert-OH is 1. The van der Waals surface area contributed by atoms with Gasteiger partial charge in [-0.25, -0.2) is 4.39 Å². The first-order chi connectivity index (χ1) is 7.69. The normalized spacial score (nSPS) is 10.7. The number of hydrogen-bond donors (Lipinski definition) is 1. The summed E-state index contributed by atoms with van der Waals surface area (Å²) in [6.07, 6.45) is 3.76. The second kappa shape index (κ2) is 4.80. The molecule has 0 aliphatic rings. The molecule has 1 N–H and O–H groups in total. The molecular weight excluding hydrogens is 273 g/mol. The third-order valence-corrected chi connectivity index (χ3v) is 3.10. The third-order valence-electron chi connectivity index (χ3n) is 2.36. The summed E-state index contributed by atoms with van der Waals surface area (Å²) < 4.78 is 15.6. The van der Waals surface area contributed by atoms with Gasteiger partial charge in [-0.15, -0.1) is 0 Å². The zero-order valence-electron chi connectivity index (χ0n) is 8.53. The van der Waals surface area contributed by atoms with Gasteiger partial charge in [0.25, 0.3) is 0 Å². The Balaban J connectivity index is 2.20. The highest BCUT2D eigenvalue weighted by molar-refractivity contribution is 9.10. The van der Waals surface area contributed by atoms with Crippen LogP contribution in [-0.4, -0.2) is 9.67 Å². The lowest BCUT2D eigenvalue weighted by Gasteiger charge is -2.05. The van der Waals surface area contributed by atoms with Gasteiger partial charge in [-0.3, -0.25) is 0 Å². The second-order valence-corrected chi connectivity index (χ2v) is 4.44. The molecule has 2 nitrogen and oxygen atoms in total. The van der Waals surface area contributed by atoms with Crippen LogP contribution in [-0.2, 0) is 13.2 Å². The molecule has 84 valence electrons. The topological polar surface area (TPSA) is 25.2 Å². The molecule has 1 aromatic carbocycles. The number of nitrogens with zero attached hydrogens (tertiary/aromatic N) is 1.